The van der Waals surface area contributed by atoms with E-state index in [4.69, 9.17) is 10.2 Å². The van der Waals surface area contributed by atoms with E-state index in [1.54, 1.807) is 6.07 Å². The minimum absolute atomic E-state index is 0.399. The van der Waals surface area contributed by atoms with Gasteiger partial charge in [-0.25, -0.2) is 0 Å². The summed E-state index contributed by atoms with van der Waals surface area (Å²) in [6, 6.07) is 3.25. The van der Waals surface area contributed by atoms with Crippen molar-refractivity contribution in [3.63, 3.8) is 0 Å². The van der Waals surface area contributed by atoms with Gasteiger partial charge in [-0.3, -0.25) is 0 Å². The molecule has 1 aromatic rings. The van der Waals surface area contributed by atoms with E-state index >= 15 is 0 Å². The van der Waals surface area contributed by atoms with Gasteiger partial charge in [-0.2, -0.15) is 0 Å². The van der Waals surface area contributed by atoms with Crippen molar-refractivity contribution in [2.24, 2.45) is 5.73 Å². The zero-order chi connectivity index (χ0) is 9.14. The number of aliphatic hydroxyl groups is 1. The number of aliphatic hydroxyl groups excluding tert-OH is 1. The maximum Gasteiger partial charge on any atom is 0.123 e. The molecule has 0 aliphatic rings. The molecule has 1 aromatic heterocycles. The summed E-state index contributed by atoms with van der Waals surface area (Å²) in [7, 11) is 0. The summed E-state index contributed by atoms with van der Waals surface area (Å²) < 4.78 is 5.28. The highest BCUT2D eigenvalue weighted by molar-refractivity contribution is 5.10. The summed E-state index contributed by atoms with van der Waals surface area (Å²) in [6.07, 6.45) is 0.122. The van der Waals surface area contributed by atoms with Gasteiger partial charge in [0.05, 0.1) is 12.1 Å². The van der Waals surface area contributed by atoms with Crippen molar-refractivity contribution < 1.29 is 9.52 Å². The van der Waals surface area contributed by atoms with Gasteiger partial charge < -0.3 is 15.3 Å². The monoisotopic (exact) mass is 169 g/mol. The van der Waals surface area contributed by atoms with E-state index in [9.17, 15) is 5.11 Å². The Balaban J connectivity index is 2.70. The zero-order valence-corrected chi connectivity index (χ0v) is 7.45. The lowest BCUT2D eigenvalue weighted by Crippen LogP contribution is -2.24. The van der Waals surface area contributed by atoms with Gasteiger partial charge in [0.1, 0.15) is 11.5 Å². The highest BCUT2D eigenvalue weighted by Crippen LogP contribution is 2.18. The Bertz CT molecular complexity index is 244. The van der Waals surface area contributed by atoms with Crippen LogP contribution in [0.3, 0.4) is 0 Å². The fraction of sp³-hybridized carbons (Fsp3) is 0.556. The molecule has 2 atom stereocenters. The van der Waals surface area contributed by atoms with Gasteiger partial charge in [-0.1, -0.05) is 6.92 Å². The van der Waals surface area contributed by atoms with Crippen LogP contribution in [0.4, 0.5) is 0 Å². The van der Waals surface area contributed by atoms with Crippen LogP contribution in [-0.4, -0.2) is 11.2 Å². The van der Waals surface area contributed by atoms with Gasteiger partial charge in [0.15, 0.2) is 0 Å². The molecule has 0 aliphatic carbocycles. The minimum atomic E-state index is -0.518. The molecule has 0 radical (unpaired) electrons. The fourth-order valence-electron chi connectivity index (χ4n) is 1.08. The second-order valence-corrected chi connectivity index (χ2v) is 2.95. The largest absolute Gasteiger partial charge is 0.465 e. The number of aryl methyl sites for hydroxylation is 1. The second-order valence-electron chi connectivity index (χ2n) is 2.95. The molecular formula is C9H15NO2. The summed E-state index contributed by atoms with van der Waals surface area (Å²) >= 11 is 0. The van der Waals surface area contributed by atoms with Crippen molar-refractivity contribution in [1.29, 1.82) is 0 Å². The molecule has 2 unspecified atom stereocenters. The molecule has 3 N–H and O–H groups in total. The predicted molar refractivity (Wildman–Crippen MR) is 46.7 cm³/mol. The Morgan fingerprint density at radius 3 is 2.67 bits per heavy atom. The first kappa shape index (κ1) is 9.29. The van der Waals surface area contributed by atoms with Crippen LogP contribution in [0.1, 0.15) is 30.9 Å². The zero-order valence-electron chi connectivity index (χ0n) is 7.45. The highest BCUT2D eigenvalue weighted by Gasteiger charge is 2.17. The Kier molecular flexibility index (Phi) is 2.89. The SMILES string of the molecule is CCC(O)C(N)c1ccc(C)o1. The van der Waals surface area contributed by atoms with Crippen LogP contribution in [0.25, 0.3) is 0 Å². The molecule has 0 spiro atoms. The van der Waals surface area contributed by atoms with Crippen LogP contribution in [0, 0.1) is 6.92 Å². The first-order valence-corrected chi connectivity index (χ1v) is 4.15. The van der Waals surface area contributed by atoms with E-state index in [2.05, 4.69) is 0 Å². The van der Waals surface area contributed by atoms with E-state index in [-0.39, 0.29) is 0 Å². The van der Waals surface area contributed by atoms with Gasteiger partial charge in [-0.05, 0) is 25.5 Å². The third-order valence-electron chi connectivity index (χ3n) is 1.92. The first-order chi connectivity index (χ1) is 5.65. The molecule has 1 rings (SSSR count). The molecular weight excluding hydrogens is 154 g/mol. The molecule has 0 saturated carbocycles. The molecule has 0 amide bonds. The van der Waals surface area contributed by atoms with Crippen LogP contribution in [0.15, 0.2) is 16.5 Å². The topological polar surface area (TPSA) is 59.4 Å². The lowest BCUT2D eigenvalue weighted by molar-refractivity contribution is 0.130. The molecule has 12 heavy (non-hydrogen) atoms. The van der Waals surface area contributed by atoms with E-state index in [0.29, 0.717) is 12.2 Å². The Morgan fingerprint density at radius 2 is 2.25 bits per heavy atom. The van der Waals surface area contributed by atoms with Crippen molar-refractivity contribution in [3.8, 4) is 0 Å². The average Bonchev–Trinajstić information content (AvgIpc) is 2.49. The quantitative estimate of drug-likeness (QED) is 0.718. The fourth-order valence-corrected chi connectivity index (χ4v) is 1.08. The maximum atomic E-state index is 9.40. The molecule has 3 heteroatoms. The van der Waals surface area contributed by atoms with Gasteiger partial charge >= 0.3 is 0 Å². The molecule has 0 fully saturated rings. The Morgan fingerprint density at radius 1 is 1.58 bits per heavy atom. The smallest absolute Gasteiger partial charge is 0.123 e. The molecule has 3 nitrogen and oxygen atoms in total. The Hall–Kier alpha value is -0.800. The van der Waals surface area contributed by atoms with E-state index in [1.165, 1.54) is 0 Å². The van der Waals surface area contributed by atoms with E-state index in [0.717, 1.165) is 5.76 Å². The van der Waals surface area contributed by atoms with Gasteiger partial charge in [0, 0.05) is 0 Å². The normalized spacial score (nSPS) is 16.0. The summed E-state index contributed by atoms with van der Waals surface area (Å²) in [5, 5.41) is 9.40. The van der Waals surface area contributed by atoms with Crippen LogP contribution in [-0.2, 0) is 0 Å². The molecule has 0 saturated heterocycles. The summed E-state index contributed by atoms with van der Waals surface area (Å²) in [5.41, 5.74) is 5.72. The van der Waals surface area contributed by atoms with Gasteiger partial charge in [0.25, 0.3) is 0 Å². The highest BCUT2D eigenvalue weighted by atomic mass is 16.3. The van der Waals surface area contributed by atoms with Crippen molar-refractivity contribution in [2.75, 3.05) is 0 Å². The van der Waals surface area contributed by atoms with Crippen LogP contribution >= 0.6 is 0 Å². The van der Waals surface area contributed by atoms with Gasteiger partial charge in [-0.15, -0.1) is 0 Å². The molecule has 68 valence electrons. The standard InChI is InChI=1S/C9H15NO2/c1-3-7(11)9(10)8-5-4-6(2)12-8/h4-5,7,9,11H,3,10H2,1-2H3. The lowest BCUT2D eigenvalue weighted by atomic mass is 10.1. The summed E-state index contributed by atoms with van der Waals surface area (Å²) in [5.74, 6) is 1.48. The summed E-state index contributed by atoms with van der Waals surface area (Å²) in [4.78, 5) is 0. The van der Waals surface area contributed by atoms with Crippen molar-refractivity contribution >= 4 is 0 Å². The summed E-state index contributed by atoms with van der Waals surface area (Å²) in [6.45, 7) is 3.74. The van der Waals surface area contributed by atoms with Crippen molar-refractivity contribution in [2.45, 2.75) is 32.4 Å². The number of hydrogen-bond donors (Lipinski definition) is 2. The average molecular weight is 169 g/mol. The first-order valence-electron chi connectivity index (χ1n) is 4.15. The van der Waals surface area contributed by atoms with Crippen LogP contribution in [0.5, 0.6) is 0 Å². The number of rotatable bonds is 3. The number of hydrogen-bond acceptors (Lipinski definition) is 3. The van der Waals surface area contributed by atoms with Crippen molar-refractivity contribution in [1.82, 2.24) is 0 Å². The van der Waals surface area contributed by atoms with Crippen LogP contribution < -0.4 is 5.73 Å². The molecule has 0 bridgehead atoms. The van der Waals surface area contributed by atoms with E-state index in [1.807, 2.05) is 19.9 Å². The predicted octanol–water partition coefficient (Wildman–Crippen LogP) is 1.36. The third-order valence-corrected chi connectivity index (χ3v) is 1.92. The lowest BCUT2D eigenvalue weighted by Gasteiger charge is -2.14. The maximum absolute atomic E-state index is 9.40. The van der Waals surface area contributed by atoms with Crippen LogP contribution in [0.2, 0.25) is 0 Å². The van der Waals surface area contributed by atoms with E-state index < -0.39 is 12.1 Å². The van der Waals surface area contributed by atoms with Crippen molar-refractivity contribution in [3.05, 3.63) is 23.7 Å². The third kappa shape index (κ3) is 1.87. The second kappa shape index (κ2) is 3.74. The minimum Gasteiger partial charge on any atom is -0.465 e. The van der Waals surface area contributed by atoms with Gasteiger partial charge in [0.2, 0.25) is 0 Å². The number of nitrogens with two attached hydrogens (primary N) is 1. The molecule has 0 aromatic carbocycles. The number of furan rings is 1. The molecule has 1 heterocycles. The Labute approximate surface area is 72.2 Å². The molecule has 0 aliphatic heterocycles.